The Morgan fingerprint density at radius 1 is 1.29 bits per heavy atom. The number of nitrogens with zero attached hydrogens (tertiary/aromatic N) is 3. The van der Waals surface area contributed by atoms with Crippen LogP contribution >= 0.6 is 0 Å². The van der Waals surface area contributed by atoms with Crippen LogP contribution in [-0.4, -0.2) is 48.4 Å². The van der Waals surface area contributed by atoms with Gasteiger partial charge in [0.05, 0.1) is 19.4 Å². The van der Waals surface area contributed by atoms with Gasteiger partial charge in [-0.1, -0.05) is 0 Å². The molecule has 1 atom stereocenters. The Hall–Kier alpha value is -2.39. The number of amides is 1. The number of aromatic nitrogens is 2. The minimum atomic E-state index is -3.72. The van der Waals surface area contributed by atoms with Crippen LogP contribution in [0, 0.1) is 5.92 Å². The van der Waals surface area contributed by atoms with Crippen LogP contribution in [-0.2, 0) is 14.8 Å². The zero-order valence-electron chi connectivity index (χ0n) is 16.3. The van der Waals surface area contributed by atoms with Gasteiger partial charge in [-0.3, -0.25) is 4.79 Å². The van der Waals surface area contributed by atoms with Gasteiger partial charge < -0.3 is 14.6 Å². The van der Waals surface area contributed by atoms with Crippen LogP contribution in [0.1, 0.15) is 32.7 Å². The van der Waals surface area contributed by atoms with Gasteiger partial charge in [0, 0.05) is 31.0 Å². The summed E-state index contributed by atoms with van der Waals surface area (Å²) in [6.07, 6.45) is 4.34. The summed E-state index contributed by atoms with van der Waals surface area (Å²) in [6.45, 7) is 4.46. The average Bonchev–Trinajstić information content (AvgIpc) is 3.20. The van der Waals surface area contributed by atoms with Gasteiger partial charge in [0.15, 0.2) is 5.03 Å². The van der Waals surface area contributed by atoms with Crippen molar-refractivity contribution in [3.63, 3.8) is 0 Å². The van der Waals surface area contributed by atoms with Crippen molar-refractivity contribution in [2.75, 3.05) is 25.5 Å². The van der Waals surface area contributed by atoms with E-state index in [1.165, 1.54) is 10.6 Å². The summed E-state index contributed by atoms with van der Waals surface area (Å²) in [5.41, 5.74) is 0.654. The van der Waals surface area contributed by atoms with Gasteiger partial charge in [-0.05, 0) is 51.0 Å². The van der Waals surface area contributed by atoms with Crippen molar-refractivity contribution >= 4 is 21.6 Å². The standard InChI is InChI=1S/C19H26N4O4S/c1-14(2)22-12-18(20-13-22)28(25,26)23-10-4-5-15(11-23)19(24)21-16-6-8-17(27-3)9-7-16/h6-9,12-15H,4-5,10-11H2,1-3H3,(H,21,24). The van der Waals surface area contributed by atoms with Gasteiger partial charge >= 0.3 is 0 Å². The smallest absolute Gasteiger partial charge is 0.262 e. The molecular formula is C19H26N4O4S. The molecule has 1 unspecified atom stereocenters. The molecule has 152 valence electrons. The molecule has 1 fully saturated rings. The first-order valence-corrected chi connectivity index (χ1v) is 10.7. The molecule has 2 heterocycles. The summed E-state index contributed by atoms with van der Waals surface area (Å²) in [4.78, 5) is 16.7. The quantitative estimate of drug-likeness (QED) is 0.796. The molecule has 9 heteroatoms. The number of piperidine rings is 1. The molecule has 2 aromatic rings. The molecule has 1 N–H and O–H groups in total. The van der Waals surface area contributed by atoms with Crippen LogP contribution in [0.2, 0.25) is 0 Å². The number of carbonyl (C=O) groups excluding carboxylic acids is 1. The number of imidazole rings is 1. The predicted octanol–water partition coefficient (Wildman–Crippen LogP) is 2.51. The maximum absolute atomic E-state index is 12.9. The van der Waals surface area contributed by atoms with Crippen molar-refractivity contribution in [1.29, 1.82) is 0 Å². The molecule has 0 saturated carbocycles. The lowest BCUT2D eigenvalue weighted by molar-refractivity contribution is -0.120. The molecule has 0 radical (unpaired) electrons. The lowest BCUT2D eigenvalue weighted by atomic mass is 9.99. The molecule has 1 aliphatic heterocycles. The molecule has 0 aliphatic carbocycles. The van der Waals surface area contributed by atoms with Gasteiger partial charge in [-0.15, -0.1) is 0 Å². The minimum absolute atomic E-state index is 0.0254. The first-order chi connectivity index (χ1) is 13.3. The number of hydrogen-bond acceptors (Lipinski definition) is 5. The Labute approximate surface area is 165 Å². The highest BCUT2D eigenvalue weighted by atomic mass is 32.2. The maximum Gasteiger partial charge on any atom is 0.262 e. The molecule has 8 nitrogen and oxygen atoms in total. The number of ether oxygens (including phenoxy) is 1. The topological polar surface area (TPSA) is 93.5 Å². The third-order valence-electron chi connectivity index (χ3n) is 4.89. The number of benzene rings is 1. The highest BCUT2D eigenvalue weighted by Crippen LogP contribution is 2.25. The SMILES string of the molecule is COc1ccc(NC(=O)C2CCCN(S(=O)(=O)c3cn(C(C)C)cn3)C2)cc1. The molecule has 1 aromatic carbocycles. The van der Waals surface area contributed by atoms with E-state index in [9.17, 15) is 13.2 Å². The summed E-state index contributed by atoms with van der Waals surface area (Å²) in [6, 6.07) is 7.16. The van der Waals surface area contributed by atoms with E-state index in [-0.39, 0.29) is 23.5 Å². The lowest BCUT2D eigenvalue weighted by Gasteiger charge is -2.30. The molecule has 1 saturated heterocycles. The first kappa shape index (κ1) is 20.3. The Bertz CT molecular complexity index is 922. The van der Waals surface area contributed by atoms with E-state index in [4.69, 9.17) is 4.74 Å². The number of anilines is 1. The van der Waals surface area contributed by atoms with E-state index < -0.39 is 15.9 Å². The molecule has 0 bridgehead atoms. The third-order valence-corrected chi connectivity index (χ3v) is 6.64. The number of sulfonamides is 1. The molecule has 3 rings (SSSR count). The van der Waals surface area contributed by atoms with E-state index in [1.54, 1.807) is 42.1 Å². The summed E-state index contributed by atoms with van der Waals surface area (Å²) >= 11 is 0. The Morgan fingerprint density at radius 3 is 2.61 bits per heavy atom. The molecule has 0 spiro atoms. The Kier molecular flexibility index (Phi) is 6.04. The van der Waals surface area contributed by atoms with Crippen molar-refractivity contribution in [2.24, 2.45) is 5.92 Å². The van der Waals surface area contributed by atoms with E-state index in [0.29, 0.717) is 30.8 Å². The van der Waals surface area contributed by atoms with Crippen molar-refractivity contribution in [3.05, 3.63) is 36.8 Å². The van der Waals surface area contributed by atoms with Crippen LogP contribution in [0.5, 0.6) is 5.75 Å². The second-order valence-corrected chi connectivity index (χ2v) is 9.06. The van der Waals surface area contributed by atoms with E-state index >= 15 is 0 Å². The molecule has 1 aromatic heterocycles. The van der Waals surface area contributed by atoms with Gasteiger partial charge in [0.25, 0.3) is 10.0 Å². The van der Waals surface area contributed by atoms with Gasteiger partial charge in [0.1, 0.15) is 5.75 Å². The monoisotopic (exact) mass is 406 g/mol. The fraction of sp³-hybridized carbons (Fsp3) is 0.474. The number of rotatable bonds is 6. The summed E-state index contributed by atoms with van der Waals surface area (Å²) in [7, 11) is -2.14. The largest absolute Gasteiger partial charge is 0.497 e. The molecular weight excluding hydrogens is 380 g/mol. The van der Waals surface area contributed by atoms with Crippen LogP contribution in [0.25, 0.3) is 0 Å². The fourth-order valence-electron chi connectivity index (χ4n) is 3.16. The van der Waals surface area contributed by atoms with Crippen LogP contribution < -0.4 is 10.1 Å². The first-order valence-electron chi connectivity index (χ1n) is 9.30. The second kappa shape index (κ2) is 8.32. The molecule has 28 heavy (non-hydrogen) atoms. The predicted molar refractivity (Wildman–Crippen MR) is 106 cm³/mol. The summed E-state index contributed by atoms with van der Waals surface area (Å²) in [5, 5.41) is 2.88. The maximum atomic E-state index is 12.9. The fourth-order valence-corrected chi connectivity index (χ4v) is 4.60. The third kappa shape index (κ3) is 4.36. The van der Waals surface area contributed by atoms with Gasteiger partial charge in [-0.2, -0.15) is 4.31 Å². The van der Waals surface area contributed by atoms with E-state index in [1.807, 2.05) is 13.8 Å². The lowest BCUT2D eigenvalue weighted by Crippen LogP contribution is -2.43. The van der Waals surface area contributed by atoms with Crippen LogP contribution in [0.15, 0.2) is 41.8 Å². The number of hydrogen-bond donors (Lipinski definition) is 1. The van der Waals surface area contributed by atoms with Gasteiger partial charge in [-0.25, -0.2) is 13.4 Å². The molecule has 1 amide bonds. The van der Waals surface area contributed by atoms with Crippen molar-refractivity contribution in [1.82, 2.24) is 13.9 Å². The average molecular weight is 407 g/mol. The Balaban J connectivity index is 1.69. The van der Waals surface area contributed by atoms with Gasteiger partial charge in [0.2, 0.25) is 5.91 Å². The normalized spacial score (nSPS) is 18.2. The second-order valence-electron chi connectivity index (χ2n) is 7.17. The zero-order chi connectivity index (χ0) is 20.3. The summed E-state index contributed by atoms with van der Waals surface area (Å²) < 4.78 is 34.1. The summed E-state index contributed by atoms with van der Waals surface area (Å²) in [5.74, 6) is 0.115. The van der Waals surface area contributed by atoms with Crippen molar-refractivity contribution in [3.8, 4) is 5.75 Å². The number of carbonyl (C=O) groups is 1. The van der Waals surface area contributed by atoms with Crippen LogP contribution in [0.3, 0.4) is 0 Å². The van der Waals surface area contributed by atoms with E-state index in [0.717, 1.165) is 0 Å². The zero-order valence-corrected chi connectivity index (χ0v) is 17.1. The highest BCUT2D eigenvalue weighted by molar-refractivity contribution is 7.89. The van der Waals surface area contributed by atoms with E-state index in [2.05, 4.69) is 10.3 Å². The minimum Gasteiger partial charge on any atom is -0.497 e. The highest BCUT2D eigenvalue weighted by Gasteiger charge is 2.34. The van der Waals surface area contributed by atoms with Crippen molar-refractivity contribution < 1.29 is 17.9 Å². The van der Waals surface area contributed by atoms with Crippen molar-refractivity contribution in [2.45, 2.75) is 37.8 Å². The molecule has 1 aliphatic rings. The number of methoxy groups -OCH3 is 1. The van der Waals surface area contributed by atoms with Crippen LogP contribution in [0.4, 0.5) is 5.69 Å². The number of nitrogens with one attached hydrogen (secondary N) is 1. The Morgan fingerprint density at radius 2 is 2.00 bits per heavy atom.